The van der Waals surface area contributed by atoms with Gasteiger partial charge in [0.1, 0.15) is 11.1 Å². The van der Waals surface area contributed by atoms with Crippen LogP contribution in [0, 0.1) is 0 Å². The standard InChI is InChI=1S/C27H20F6N4O4/c1-2-15-5-8-20(35-15)23(25(39)41-14-27(31,32)33)21-10-7-17(37-21)12-16-6-9-19(36-16)22(18-4-3-11-34-18)24(38)40-13-26(28,29)30/h2-12,36-37H,13-14H2,1H3/b15-2-,17-12-,22-18+,23-21?. The maximum absolute atomic E-state index is 12.7. The number of aliphatic imine (C=N–C) groups is 2. The Labute approximate surface area is 227 Å². The third kappa shape index (κ3) is 7.62. The predicted molar refractivity (Wildman–Crippen MR) is 137 cm³/mol. The van der Waals surface area contributed by atoms with Gasteiger partial charge in [0.05, 0.1) is 28.1 Å². The molecular formula is C27H20F6N4O4. The average molecular weight is 578 g/mol. The second-order valence-corrected chi connectivity index (χ2v) is 8.50. The highest BCUT2D eigenvalue weighted by Gasteiger charge is 2.32. The molecule has 214 valence electrons. The molecule has 2 aromatic rings. The number of esters is 2. The van der Waals surface area contributed by atoms with E-state index >= 15 is 0 Å². The van der Waals surface area contributed by atoms with Gasteiger partial charge in [-0.2, -0.15) is 26.3 Å². The Bertz CT molecular complexity index is 1650. The summed E-state index contributed by atoms with van der Waals surface area (Å²) in [5, 5.41) is 0.510. The van der Waals surface area contributed by atoms with Gasteiger partial charge < -0.3 is 19.4 Å². The molecule has 0 atom stereocenters. The zero-order valence-electron chi connectivity index (χ0n) is 21.1. The number of H-pyrrole nitrogens is 2. The molecule has 0 bridgehead atoms. The Balaban J connectivity index is 1.69. The Hall–Kier alpha value is -4.88. The van der Waals surface area contributed by atoms with Crippen molar-refractivity contribution in [1.82, 2.24) is 9.97 Å². The van der Waals surface area contributed by atoms with Crippen LogP contribution < -0.4 is 10.7 Å². The number of aromatic nitrogens is 2. The molecule has 2 N–H and O–H groups in total. The van der Waals surface area contributed by atoms with E-state index in [2.05, 4.69) is 29.4 Å². The van der Waals surface area contributed by atoms with Gasteiger partial charge in [-0.05, 0) is 61.6 Å². The van der Waals surface area contributed by atoms with E-state index in [4.69, 9.17) is 0 Å². The molecule has 4 rings (SSSR count). The molecule has 2 aromatic heterocycles. The normalized spacial score (nSPS) is 18.3. The van der Waals surface area contributed by atoms with Crippen LogP contribution in [0.2, 0.25) is 0 Å². The third-order valence-electron chi connectivity index (χ3n) is 5.43. The lowest BCUT2D eigenvalue weighted by Gasteiger charge is -2.10. The lowest BCUT2D eigenvalue weighted by molar-refractivity contribution is -0.182. The summed E-state index contributed by atoms with van der Waals surface area (Å²) < 4.78 is 84.7. The summed E-state index contributed by atoms with van der Waals surface area (Å²) in [5.74, 6) is -2.48. The molecule has 0 saturated heterocycles. The first-order valence-corrected chi connectivity index (χ1v) is 11.8. The average Bonchev–Trinajstić information content (AvgIpc) is 3.70. The number of rotatable bonds is 7. The lowest BCUT2D eigenvalue weighted by atomic mass is 10.1. The molecule has 0 aromatic carbocycles. The first-order chi connectivity index (χ1) is 19.3. The number of allylic oxidation sites excluding steroid dienone is 5. The number of hydrogen-bond donors (Lipinski definition) is 2. The van der Waals surface area contributed by atoms with Gasteiger partial charge in [0, 0.05) is 17.3 Å². The summed E-state index contributed by atoms with van der Waals surface area (Å²) in [6.45, 7) is -1.86. The Kier molecular flexibility index (Phi) is 8.31. The highest BCUT2D eigenvalue weighted by atomic mass is 19.4. The monoisotopic (exact) mass is 578 g/mol. The third-order valence-corrected chi connectivity index (χ3v) is 5.43. The zero-order chi connectivity index (χ0) is 29.8. The van der Waals surface area contributed by atoms with Crippen molar-refractivity contribution >= 4 is 41.1 Å². The van der Waals surface area contributed by atoms with E-state index in [0.717, 1.165) is 0 Å². The molecule has 0 aliphatic carbocycles. The van der Waals surface area contributed by atoms with E-state index in [1.165, 1.54) is 54.8 Å². The van der Waals surface area contributed by atoms with Gasteiger partial charge in [-0.15, -0.1) is 0 Å². The van der Waals surface area contributed by atoms with Crippen molar-refractivity contribution in [2.45, 2.75) is 19.3 Å². The van der Waals surface area contributed by atoms with Crippen molar-refractivity contribution in [2.75, 3.05) is 13.2 Å². The van der Waals surface area contributed by atoms with Gasteiger partial charge >= 0.3 is 24.3 Å². The Morgan fingerprint density at radius 3 is 2.15 bits per heavy atom. The number of alkyl halides is 6. The van der Waals surface area contributed by atoms with Crippen LogP contribution in [0.3, 0.4) is 0 Å². The number of carbonyl (C=O) groups excluding carboxylic acids is 2. The molecule has 0 radical (unpaired) electrons. The number of nitrogens with one attached hydrogen (secondary N) is 2. The highest BCUT2D eigenvalue weighted by Crippen LogP contribution is 2.25. The summed E-state index contributed by atoms with van der Waals surface area (Å²) in [6.07, 6.45) is 1.07. The van der Waals surface area contributed by atoms with Gasteiger partial charge in [-0.25, -0.2) is 14.6 Å². The van der Waals surface area contributed by atoms with Crippen molar-refractivity contribution in [3.63, 3.8) is 0 Å². The van der Waals surface area contributed by atoms with E-state index < -0.39 is 37.5 Å². The molecule has 0 spiro atoms. The highest BCUT2D eigenvalue weighted by molar-refractivity contribution is 6.44. The van der Waals surface area contributed by atoms with Crippen LogP contribution in [0.4, 0.5) is 26.3 Å². The summed E-state index contributed by atoms with van der Waals surface area (Å²) in [4.78, 5) is 39.2. The molecule has 8 nitrogen and oxygen atoms in total. The number of ether oxygens (including phenoxy) is 2. The van der Waals surface area contributed by atoms with Gasteiger partial charge in [-0.1, -0.05) is 6.08 Å². The second kappa shape index (κ2) is 11.7. The molecule has 2 aliphatic heterocycles. The molecule has 14 heteroatoms. The van der Waals surface area contributed by atoms with Crippen LogP contribution in [0.15, 0.2) is 76.0 Å². The fourth-order valence-corrected chi connectivity index (χ4v) is 3.72. The molecular weight excluding hydrogens is 558 g/mol. The smallest absolute Gasteiger partial charge is 0.422 e. The molecule has 0 amide bonds. The minimum Gasteiger partial charge on any atom is -0.452 e. The molecule has 0 saturated carbocycles. The maximum atomic E-state index is 12.7. The number of carbonyl (C=O) groups is 2. The Morgan fingerprint density at radius 1 is 0.878 bits per heavy atom. The van der Waals surface area contributed by atoms with Crippen LogP contribution >= 0.6 is 0 Å². The van der Waals surface area contributed by atoms with E-state index in [-0.39, 0.29) is 33.6 Å². The summed E-state index contributed by atoms with van der Waals surface area (Å²) in [7, 11) is 0. The van der Waals surface area contributed by atoms with Gasteiger partial charge in [0.15, 0.2) is 13.2 Å². The summed E-state index contributed by atoms with van der Waals surface area (Å²) in [5.41, 5.74) is 0.755. The minimum atomic E-state index is -4.73. The fourth-order valence-electron chi connectivity index (χ4n) is 3.72. The zero-order valence-corrected chi connectivity index (χ0v) is 21.1. The van der Waals surface area contributed by atoms with Crippen LogP contribution in [0.1, 0.15) is 18.3 Å². The number of halogens is 6. The van der Waals surface area contributed by atoms with E-state index in [9.17, 15) is 35.9 Å². The van der Waals surface area contributed by atoms with Gasteiger partial charge in [0.25, 0.3) is 0 Å². The predicted octanol–water partition coefficient (Wildman–Crippen LogP) is 3.80. The second-order valence-electron chi connectivity index (χ2n) is 8.50. The van der Waals surface area contributed by atoms with Crippen molar-refractivity contribution in [3.8, 4) is 0 Å². The largest absolute Gasteiger partial charge is 0.452 e. The number of nitrogens with zero attached hydrogens (tertiary/aromatic N) is 2. The van der Waals surface area contributed by atoms with Crippen molar-refractivity contribution in [1.29, 1.82) is 0 Å². The molecule has 0 fully saturated rings. The van der Waals surface area contributed by atoms with Crippen molar-refractivity contribution < 1.29 is 45.4 Å². The van der Waals surface area contributed by atoms with Gasteiger partial charge in [-0.3, -0.25) is 4.99 Å². The first kappa shape index (κ1) is 29.1. The molecule has 4 heterocycles. The fraction of sp³-hybridized carbons (Fsp3) is 0.185. The van der Waals surface area contributed by atoms with Crippen molar-refractivity contribution in [2.24, 2.45) is 9.98 Å². The van der Waals surface area contributed by atoms with Crippen LogP contribution in [0.25, 0.3) is 17.2 Å². The molecule has 2 aliphatic rings. The molecule has 0 unspecified atom stereocenters. The van der Waals surface area contributed by atoms with E-state index in [0.29, 0.717) is 16.7 Å². The summed E-state index contributed by atoms with van der Waals surface area (Å²) in [6, 6.07) is 5.95. The minimum absolute atomic E-state index is 0.0928. The van der Waals surface area contributed by atoms with Crippen LogP contribution in [-0.4, -0.2) is 59.4 Å². The quantitative estimate of drug-likeness (QED) is 0.296. The van der Waals surface area contributed by atoms with E-state index in [1.807, 2.05) is 0 Å². The SMILES string of the molecule is C/C=C1/C=CC(C(C(=O)OCC(F)(F)F)=c2cc/c(=C/c3ccc(/C(C(=O)OCC(F)(F)F)=C4/C=CC=N4)[nH]3)[nH]2)=N1. The van der Waals surface area contributed by atoms with Crippen LogP contribution in [-0.2, 0) is 19.1 Å². The lowest BCUT2D eigenvalue weighted by Crippen LogP contribution is -2.27. The Morgan fingerprint density at radius 2 is 1.56 bits per heavy atom. The topological polar surface area (TPSA) is 109 Å². The van der Waals surface area contributed by atoms with Crippen LogP contribution in [0.5, 0.6) is 0 Å². The van der Waals surface area contributed by atoms with Crippen molar-refractivity contribution in [3.05, 3.63) is 88.1 Å². The maximum Gasteiger partial charge on any atom is 0.422 e. The first-order valence-electron chi connectivity index (χ1n) is 11.8. The number of aromatic amines is 2. The summed E-state index contributed by atoms with van der Waals surface area (Å²) >= 11 is 0. The molecule has 41 heavy (non-hydrogen) atoms. The van der Waals surface area contributed by atoms with Gasteiger partial charge in [0.2, 0.25) is 0 Å². The van der Waals surface area contributed by atoms with E-state index in [1.54, 1.807) is 19.1 Å². The number of hydrogen-bond acceptors (Lipinski definition) is 6.